The van der Waals surface area contributed by atoms with Gasteiger partial charge in [-0.2, -0.15) is 0 Å². The highest BCUT2D eigenvalue weighted by Gasteiger charge is 2.10. The van der Waals surface area contributed by atoms with Crippen LogP contribution in [0.15, 0.2) is 60.8 Å². The van der Waals surface area contributed by atoms with E-state index < -0.39 is 0 Å². The van der Waals surface area contributed by atoms with Gasteiger partial charge >= 0.3 is 0 Å². The molecule has 1 heterocycles. The minimum atomic E-state index is -0.211. The van der Waals surface area contributed by atoms with Gasteiger partial charge in [0.05, 0.1) is 65.7 Å². The summed E-state index contributed by atoms with van der Waals surface area (Å²) in [5, 5.41) is 2.78. The molecular formula is C31H40N2O7. The van der Waals surface area contributed by atoms with Crippen LogP contribution in [0.3, 0.4) is 0 Å². The lowest BCUT2D eigenvalue weighted by Crippen LogP contribution is -2.31. The zero-order chi connectivity index (χ0) is 28.4. The van der Waals surface area contributed by atoms with E-state index in [0.717, 1.165) is 33.7 Å². The standard InChI is InChI=1S/C31H40N2O7/c1-24-5-4-6-25(19-24)26-7-8-30(36-3)29(21-26)27-9-10-32-28(20-27)22-40-23-31(34)33-11-12-37-15-16-39-18-17-38-14-13-35-2/h4-10,19-21H,11-18,22-23H2,1-3H3,(H,33,34). The molecule has 0 saturated heterocycles. The van der Waals surface area contributed by atoms with Crippen LogP contribution in [0, 0.1) is 6.92 Å². The number of aromatic nitrogens is 1. The van der Waals surface area contributed by atoms with Gasteiger partial charge in [-0.1, -0.05) is 35.9 Å². The monoisotopic (exact) mass is 552 g/mol. The summed E-state index contributed by atoms with van der Waals surface area (Å²) in [5.41, 5.74) is 6.10. The van der Waals surface area contributed by atoms with Gasteiger partial charge in [-0.15, -0.1) is 0 Å². The van der Waals surface area contributed by atoms with Gasteiger partial charge in [0, 0.05) is 25.4 Å². The number of hydrogen-bond donors (Lipinski definition) is 1. The highest BCUT2D eigenvalue weighted by atomic mass is 16.6. The lowest BCUT2D eigenvalue weighted by atomic mass is 9.97. The van der Waals surface area contributed by atoms with Crippen molar-refractivity contribution in [1.29, 1.82) is 0 Å². The van der Waals surface area contributed by atoms with Crippen molar-refractivity contribution in [2.75, 3.05) is 73.6 Å². The second kappa shape index (κ2) is 18.1. The molecule has 0 aliphatic carbocycles. The SMILES string of the molecule is COCCOCCOCCOCCNC(=O)COCc1cc(-c2cc(-c3cccc(C)c3)ccc2OC)ccn1. The summed E-state index contributed by atoms with van der Waals surface area (Å²) in [6, 6.07) is 18.4. The first-order chi connectivity index (χ1) is 19.6. The molecule has 9 heteroatoms. The number of carbonyl (C=O) groups excluding carboxylic acids is 1. The maximum absolute atomic E-state index is 12.1. The molecule has 1 amide bonds. The number of methoxy groups -OCH3 is 2. The van der Waals surface area contributed by atoms with E-state index in [1.807, 2.05) is 18.2 Å². The topological polar surface area (TPSA) is 97.4 Å². The molecule has 0 spiro atoms. The molecule has 216 valence electrons. The summed E-state index contributed by atoms with van der Waals surface area (Å²) in [6.07, 6.45) is 1.74. The Morgan fingerprint density at radius 3 is 2.23 bits per heavy atom. The van der Waals surface area contributed by atoms with E-state index >= 15 is 0 Å². The van der Waals surface area contributed by atoms with Crippen molar-refractivity contribution in [3.63, 3.8) is 0 Å². The summed E-state index contributed by atoms with van der Waals surface area (Å²) < 4.78 is 32.3. The van der Waals surface area contributed by atoms with Crippen LogP contribution in [0.25, 0.3) is 22.3 Å². The summed E-state index contributed by atoms with van der Waals surface area (Å²) in [7, 11) is 3.30. The first kappa shape index (κ1) is 31.2. The number of carbonyl (C=O) groups is 1. The predicted molar refractivity (Wildman–Crippen MR) is 153 cm³/mol. The lowest BCUT2D eigenvalue weighted by molar-refractivity contribution is -0.126. The van der Waals surface area contributed by atoms with E-state index in [1.165, 1.54) is 5.56 Å². The van der Waals surface area contributed by atoms with Crippen molar-refractivity contribution in [2.24, 2.45) is 0 Å². The van der Waals surface area contributed by atoms with Crippen molar-refractivity contribution in [3.05, 3.63) is 72.1 Å². The van der Waals surface area contributed by atoms with Crippen LogP contribution in [0.5, 0.6) is 5.75 Å². The number of hydrogen-bond acceptors (Lipinski definition) is 8. The molecule has 2 aromatic carbocycles. The van der Waals surface area contributed by atoms with Crippen molar-refractivity contribution < 1.29 is 33.2 Å². The number of pyridine rings is 1. The Balaban J connectivity index is 1.38. The third kappa shape index (κ3) is 11.0. The van der Waals surface area contributed by atoms with Gasteiger partial charge in [-0.05, 0) is 47.9 Å². The van der Waals surface area contributed by atoms with Gasteiger partial charge < -0.3 is 33.7 Å². The molecule has 40 heavy (non-hydrogen) atoms. The number of ether oxygens (including phenoxy) is 6. The van der Waals surface area contributed by atoms with Gasteiger partial charge in [-0.3, -0.25) is 9.78 Å². The van der Waals surface area contributed by atoms with Gasteiger partial charge in [0.2, 0.25) is 5.91 Å². The molecule has 1 N–H and O–H groups in total. The van der Waals surface area contributed by atoms with E-state index in [0.29, 0.717) is 52.8 Å². The first-order valence-electron chi connectivity index (χ1n) is 13.4. The first-order valence-corrected chi connectivity index (χ1v) is 13.4. The van der Waals surface area contributed by atoms with Crippen molar-refractivity contribution in [3.8, 4) is 28.0 Å². The number of rotatable bonds is 19. The smallest absolute Gasteiger partial charge is 0.246 e. The van der Waals surface area contributed by atoms with Gasteiger partial charge in [0.15, 0.2) is 0 Å². The molecule has 0 bridgehead atoms. The molecule has 0 aliphatic rings. The third-order valence-electron chi connectivity index (χ3n) is 5.91. The van der Waals surface area contributed by atoms with E-state index in [9.17, 15) is 4.79 Å². The van der Waals surface area contributed by atoms with E-state index in [-0.39, 0.29) is 19.1 Å². The van der Waals surface area contributed by atoms with Gasteiger partial charge in [0.1, 0.15) is 12.4 Å². The number of aryl methyl sites for hydroxylation is 1. The Morgan fingerprint density at radius 1 is 0.775 bits per heavy atom. The van der Waals surface area contributed by atoms with Crippen LogP contribution in [0.1, 0.15) is 11.3 Å². The Labute approximate surface area is 236 Å². The van der Waals surface area contributed by atoms with Gasteiger partial charge in [0.25, 0.3) is 0 Å². The second-order valence-electron chi connectivity index (χ2n) is 8.99. The summed E-state index contributed by atoms with van der Waals surface area (Å²) >= 11 is 0. The van der Waals surface area contributed by atoms with E-state index in [4.69, 9.17) is 28.4 Å². The lowest BCUT2D eigenvalue weighted by Gasteiger charge is -2.13. The molecule has 3 aromatic rings. The molecule has 1 aromatic heterocycles. The quantitative estimate of drug-likeness (QED) is 0.223. The molecule has 0 unspecified atom stereocenters. The number of nitrogens with one attached hydrogen (secondary N) is 1. The minimum Gasteiger partial charge on any atom is -0.496 e. The van der Waals surface area contributed by atoms with Crippen LogP contribution < -0.4 is 10.1 Å². The largest absolute Gasteiger partial charge is 0.496 e. The molecular weight excluding hydrogens is 512 g/mol. The fraction of sp³-hybridized carbons (Fsp3) is 0.419. The molecule has 0 aliphatic heterocycles. The summed E-state index contributed by atoms with van der Waals surface area (Å²) in [5.74, 6) is 0.561. The fourth-order valence-corrected chi connectivity index (χ4v) is 3.91. The zero-order valence-corrected chi connectivity index (χ0v) is 23.6. The predicted octanol–water partition coefficient (Wildman–Crippen LogP) is 4.06. The fourth-order valence-electron chi connectivity index (χ4n) is 3.91. The maximum atomic E-state index is 12.1. The highest BCUT2D eigenvalue weighted by molar-refractivity contribution is 5.78. The molecule has 0 radical (unpaired) electrons. The van der Waals surface area contributed by atoms with Crippen molar-refractivity contribution in [2.45, 2.75) is 13.5 Å². The van der Waals surface area contributed by atoms with E-state index in [1.54, 1.807) is 20.4 Å². The molecule has 0 fully saturated rings. The van der Waals surface area contributed by atoms with Crippen LogP contribution in [0.4, 0.5) is 0 Å². The summed E-state index contributed by atoms with van der Waals surface area (Å²) in [4.78, 5) is 16.5. The molecule has 0 saturated carbocycles. The minimum absolute atomic E-state index is 0.0652. The van der Waals surface area contributed by atoms with Crippen molar-refractivity contribution >= 4 is 5.91 Å². The molecule has 3 rings (SSSR count). The van der Waals surface area contributed by atoms with Crippen LogP contribution in [0.2, 0.25) is 0 Å². The Bertz CT molecular complexity index is 1170. The second-order valence-corrected chi connectivity index (χ2v) is 8.99. The Hall–Kier alpha value is -3.34. The normalized spacial score (nSPS) is 11.0. The van der Waals surface area contributed by atoms with Crippen LogP contribution in [-0.2, 0) is 35.1 Å². The Morgan fingerprint density at radius 2 is 1.50 bits per heavy atom. The maximum Gasteiger partial charge on any atom is 0.246 e. The number of amides is 1. The summed E-state index contributed by atoms with van der Waals surface area (Å²) in [6.45, 7) is 6.10. The Kier molecular flexibility index (Phi) is 14.1. The highest BCUT2D eigenvalue weighted by Crippen LogP contribution is 2.34. The average Bonchev–Trinajstić information content (AvgIpc) is 2.97. The van der Waals surface area contributed by atoms with E-state index in [2.05, 4.69) is 53.6 Å². The molecule has 0 atom stereocenters. The zero-order valence-electron chi connectivity index (χ0n) is 23.6. The molecule has 9 nitrogen and oxygen atoms in total. The van der Waals surface area contributed by atoms with Gasteiger partial charge in [-0.25, -0.2) is 0 Å². The van der Waals surface area contributed by atoms with Crippen LogP contribution in [-0.4, -0.2) is 84.5 Å². The number of nitrogens with zero attached hydrogens (tertiary/aromatic N) is 1. The van der Waals surface area contributed by atoms with Crippen molar-refractivity contribution in [1.82, 2.24) is 10.3 Å². The van der Waals surface area contributed by atoms with Crippen LogP contribution >= 0.6 is 0 Å². The third-order valence-corrected chi connectivity index (χ3v) is 5.91. The average molecular weight is 553 g/mol. The number of benzene rings is 2.